The molecule has 0 atom stereocenters. The summed E-state index contributed by atoms with van der Waals surface area (Å²) in [7, 11) is -4.17. The van der Waals surface area contributed by atoms with E-state index in [1.165, 1.54) is 39.6 Å². The monoisotopic (exact) mass is 563 g/mol. The maximum atomic E-state index is 14.2. The number of carboxylic acid groups (broad SMARTS) is 1. The average molecular weight is 564 g/mol. The molecule has 0 unspecified atom stereocenters. The van der Waals surface area contributed by atoms with Gasteiger partial charge < -0.3 is 9.84 Å². The van der Waals surface area contributed by atoms with Crippen molar-refractivity contribution in [3.8, 4) is 28.4 Å². The van der Waals surface area contributed by atoms with Gasteiger partial charge in [0.05, 0.1) is 34.8 Å². The number of nitrogens with zero attached hydrogens (tertiary/aromatic N) is 3. The number of ether oxygens (including phenoxy) is 1. The fourth-order valence-corrected chi connectivity index (χ4v) is 6.47. The van der Waals surface area contributed by atoms with Crippen molar-refractivity contribution in [1.29, 1.82) is 0 Å². The van der Waals surface area contributed by atoms with Crippen molar-refractivity contribution in [1.82, 2.24) is 8.96 Å². The van der Waals surface area contributed by atoms with Gasteiger partial charge in [0.1, 0.15) is 6.61 Å². The van der Waals surface area contributed by atoms with Gasteiger partial charge in [0.15, 0.2) is 0 Å². The normalized spacial score (nSPS) is 11.4. The molecule has 0 spiro atoms. The van der Waals surface area contributed by atoms with E-state index in [9.17, 15) is 13.2 Å². The van der Waals surface area contributed by atoms with Crippen LogP contribution in [0.15, 0.2) is 83.1 Å². The van der Waals surface area contributed by atoms with Crippen LogP contribution in [0.4, 0.5) is 5.00 Å². The van der Waals surface area contributed by atoms with E-state index in [2.05, 4.69) is 9.83 Å². The highest BCUT2D eigenvalue weighted by atomic mass is 35.5. The number of hydrogen-bond donors (Lipinski definition) is 1. The Labute approximate surface area is 227 Å². The predicted molar refractivity (Wildman–Crippen MR) is 147 cm³/mol. The summed E-state index contributed by atoms with van der Waals surface area (Å²) in [6.07, 6.45) is -0.217. The number of hydrogen-bond acceptors (Lipinski definition) is 6. The van der Waals surface area contributed by atoms with Gasteiger partial charge in [-0.25, -0.2) is 22.2 Å². The van der Waals surface area contributed by atoms with Crippen LogP contribution < -0.4 is 4.74 Å². The summed E-state index contributed by atoms with van der Waals surface area (Å²) in [5.74, 6) is -0.868. The largest absolute Gasteiger partial charge is 0.481 e. The van der Waals surface area contributed by atoms with Crippen LogP contribution >= 0.6 is 22.9 Å². The zero-order valence-corrected chi connectivity index (χ0v) is 21.9. The van der Waals surface area contributed by atoms with Gasteiger partial charge in [-0.15, -0.1) is 0 Å². The lowest BCUT2D eigenvalue weighted by Crippen LogP contribution is -2.15. The van der Waals surface area contributed by atoms with Crippen molar-refractivity contribution in [3.63, 3.8) is 0 Å². The van der Waals surface area contributed by atoms with E-state index in [4.69, 9.17) is 28.0 Å². The summed E-state index contributed by atoms with van der Waals surface area (Å²) in [6.45, 7) is 7.58. The molecular formula is C27H18ClN3O5S2. The lowest BCUT2D eigenvalue weighted by Gasteiger charge is -2.14. The van der Waals surface area contributed by atoms with Crippen molar-refractivity contribution >= 4 is 54.8 Å². The van der Waals surface area contributed by atoms with Gasteiger partial charge in [-0.2, -0.15) is 11.3 Å². The zero-order valence-electron chi connectivity index (χ0n) is 19.5. The number of aromatic nitrogens is 2. The van der Waals surface area contributed by atoms with Crippen molar-refractivity contribution in [2.45, 2.75) is 11.3 Å². The number of carboxylic acids is 1. The molecule has 3 heterocycles. The summed E-state index contributed by atoms with van der Waals surface area (Å²) in [5, 5.41) is 12.2. The Morgan fingerprint density at radius 3 is 2.58 bits per heavy atom. The summed E-state index contributed by atoms with van der Waals surface area (Å²) < 4.78 is 35.1. The third-order valence-electron chi connectivity index (χ3n) is 5.73. The van der Waals surface area contributed by atoms with Gasteiger partial charge in [-0.3, -0.25) is 4.79 Å². The van der Waals surface area contributed by atoms with Crippen LogP contribution in [-0.2, 0) is 14.8 Å². The van der Waals surface area contributed by atoms with E-state index < -0.39 is 16.0 Å². The van der Waals surface area contributed by atoms with Gasteiger partial charge in [0.25, 0.3) is 10.0 Å². The lowest BCUT2D eigenvalue weighted by atomic mass is 10.0. The maximum absolute atomic E-state index is 14.2. The van der Waals surface area contributed by atoms with Crippen LogP contribution in [0.25, 0.3) is 38.3 Å². The molecule has 1 N–H and O–H groups in total. The van der Waals surface area contributed by atoms with Crippen LogP contribution in [0, 0.1) is 6.57 Å². The minimum atomic E-state index is -4.17. The van der Waals surface area contributed by atoms with Gasteiger partial charge in [-0.05, 0) is 41.8 Å². The Morgan fingerprint density at radius 2 is 1.84 bits per heavy atom. The highest BCUT2D eigenvalue weighted by molar-refractivity contribution is 7.90. The zero-order chi connectivity index (χ0) is 26.9. The number of halogens is 1. The summed E-state index contributed by atoms with van der Waals surface area (Å²) in [5.41, 5.74) is 2.08. The Balaban J connectivity index is 1.84. The number of carbonyl (C=O) groups is 1. The second-order valence-electron chi connectivity index (χ2n) is 8.07. The van der Waals surface area contributed by atoms with Crippen LogP contribution in [0.2, 0.25) is 5.02 Å². The third kappa shape index (κ3) is 4.63. The molecule has 8 nitrogen and oxygen atoms in total. The SMILES string of the molecule is [C-]#[N+]c1sccc1-c1c(-c2cccc(OCCC(=O)O)n2)n(S(=O)(=O)c2ccc(Cl)cc2)c2ccccc12. The number of para-hydroxylation sites is 1. The lowest BCUT2D eigenvalue weighted by molar-refractivity contribution is -0.137. The molecule has 5 rings (SSSR count). The van der Waals surface area contributed by atoms with E-state index in [1.807, 2.05) is 0 Å². The standard InChI is InChI=1S/C27H18ClN3O5S2/c1-29-27-20(14-16-37-27)25-19-5-2-3-7-22(19)31(38(34,35)18-11-9-17(28)10-12-18)26(25)21-6-4-8-23(30-21)36-15-13-24(32)33/h2-12,14,16H,13,15H2,(H,32,33). The highest BCUT2D eigenvalue weighted by Gasteiger charge is 2.30. The maximum Gasteiger partial charge on any atom is 0.306 e. The smallest absolute Gasteiger partial charge is 0.306 e. The molecule has 190 valence electrons. The topological polar surface area (TPSA) is 103 Å². The third-order valence-corrected chi connectivity index (χ3v) is 8.52. The van der Waals surface area contributed by atoms with Gasteiger partial charge in [0, 0.05) is 27.6 Å². The first-order chi connectivity index (χ1) is 18.3. The molecule has 2 aromatic carbocycles. The first-order valence-electron chi connectivity index (χ1n) is 11.2. The number of aliphatic carboxylic acids is 1. The quantitative estimate of drug-likeness (QED) is 0.210. The number of fused-ring (bicyclic) bond motifs is 1. The molecular weight excluding hydrogens is 546 g/mol. The van der Waals surface area contributed by atoms with E-state index >= 15 is 0 Å². The highest BCUT2D eigenvalue weighted by Crippen LogP contribution is 2.47. The molecule has 5 aromatic rings. The minimum absolute atomic E-state index is 0.0278. The van der Waals surface area contributed by atoms with Gasteiger partial charge in [0.2, 0.25) is 10.9 Å². The van der Waals surface area contributed by atoms with E-state index in [1.54, 1.807) is 53.9 Å². The first-order valence-corrected chi connectivity index (χ1v) is 13.9. The van der Waals surface area contributed by atoms with Crippen molar-refractivity contribution in [3.05, 3.63) is 94.6 Å². The second kappa shape index (κ2) is 10.3. The molecule has 0 saturated carbocycles. The van der Waals surface area contributed by atoms with Crippen LogP contribution in [0.3, 0.4) is 0 Å². The van der Waals surface area contributed by atoms with Crippen LogP contribution in [-0.4, -0.2) is 35.1 Å². The molecule has 0 amide bonds. The van der Waals surface area contributed by atoms with Crippen molar-refractivity contribution in [2.75, 3.05) is 6.61 Å². The van der Waals surface area contributed by atoms with Crippen LogP contribution in [0.1, 0.15) is 6.42 Å². The number of pyridine rings is 1. The van der Waals surface area contributed by atoms with Gasteiger partial charge in [-0.1, -0.05) is 41.9 Å². The molecule has 0 fully saturated rings. The molecule has 0 radical (unpaired) electrons. The molecule has 0 aliphatic heterocycles. The minimum Gasteiger partial charge on any atom is -0.481 e. The van der Waals surface area contributed by atoms with Gasteiger partial charge >= 0.3 is 5.97 Å². The van der Waals surface area contributed by atoms with Crippen molar-refractivity contribution < 1.29 is 23.1 Å². The molecule has 0 aliphatic carbocycles. The fraction of sp³-hybridized carbons (Fsp3) is 0.0741. The van der Waals surface area contributed by atoms with E-state index in [0.717, 1.165) is 0 Å². The average Bonchev–Trinajstić information content (AvgIpc) is 3.51. The Morgan fingerprint density at radius 1 is 1.08 bits per heavy atom. The first kappa shape index (κ1) is 25.5. The Bertz CT molecular complexity index is 1820. The number of rotatable bonds is 8. The molecule has 0 saturated heterocycles. The van der Waals surface area contributed by atoms with E-state index in [-0.39, 0.29) is 35.2 Å². The van der Waals surface area contributed by atoms with Crippen molar-refractivity contribution in [2.24, 2.45) is 0 Å². The summed E-state index contributed by atoms with van der Waals surface area (Å²) >= 11 is 7.28. The molecule has 0 bridgehead atoms. The summed E-state index contributed by atoms with van der Waals surface area (Å²) in [4.78, 5) is 19.2. The molecule has 11 heteroatoms. The Hall–Kier alpha value is -4.17. The molecule has 0 aliphatic rings. The molecule has 38 heavy (non-hydrogen) atoms. The van der Waals surface area contributed by atoms with E-state index in [0.29, 0.717) is 32.1 Å². The predicted octanol–water partition coefficient (Wildman–Crippen LogP) is 6.73. The second-order valence-corrected chi connectivity index (χ2v) is 11.2. The number of thiophene rings is 1. The van der Waals surface area contributed by atoms with Crippen LogP contribution in [0.5, 0.6) is 5.88 Å². The summed E-state index contributed by atoms with van der Waals surface area (Å²) in [6, 6.07) is 19.6. The molecule has 3 aromatic heterocycles. The Kier molecular flexibility index (Phi) is 6.91. The fourth-order valence-electron chi connectivity index (χ4n) is 4.13. The number of benzene rings is 2.